The molecule has 0 unspecified atom stereocenters. The van der Waals surface area contributed by atoms with Crippen LogP contribution in [0.1, 0.15) is 64.0 Å². The van der Waals surface area contributed by atoms with Gasteiger partial charge >= 0.3 is 5.97 Å². The minimum atomic E-state index is -0.517. The highest BCUT2D eigenvalue weighted by molar-refractivity contribution is 5.92. The van der Waals surface area contributed by atoms with Gasteiger partial charge in [0.15, 0.2) is 0 Å². The molecule has 1 atom stereocenters. The number of nitrogens with one attached hydrogen (secondary N) is 1. The number of nitrogens with zero attached hydrogens (tertiary/aromatic N) is 3. The Kier molecular flexibility index (Phi) is 7.92. The van der Waals surface area contributed by atoms with Crippen molar-refractivity contribution in [3.8, 4) is 11.5 Å². The van der Waals surface area contributed by atoms with Crippen molar-refractivity contribution in [1.82, 2.24) is 14.8 Å². The molecule has 1 N–H and O–H groups in total. The van der Waals surface area contributed by atoms with E-state index in [0.717, 1.165) is 18.4 Å². The highest BCUT2D eigenvalue weighted by Gasteiger charge is 2.36. The number of anilines is 1. The van der Waals surface area contributed by atoms with Crippen LogP contribution in [0.2, 0.25) is 0 Å². The number of carbonyl (C=O) groups excluding carboxylic acids is 1. The molecule has 3 rings (SSSR count). The molecule has 2 aromatic rings. The first-order chi connectivity index (χ1) is 15.1. The maximum atomic E-state index is 13.1. The molecule has 0 saturated heterocycles. The molecule has 8 heteroatoms. The lowest BCUT2D eigenvalue weighted by Gasteiger charge is -2.29. The average molecular weight is 429 g/mol. The number of aromatic nitrogens is 3. The molecule has 1 aliphatic heterocycles. The molecule has 8 nitrogen and oxygen atoms in total. The summed E-state index contributed by atoms with van der Waals surface area (Å²) in [4.78, 5) is 17.4. The number of unbranched alkanes of at least 4 members (excludes halogenated alkanes) is 5. The van der Waals surface area contributed by atoms with Crippen molar-refractivity contribution >= 4 is 11.9 Å². The Morgan fingerprint density at radius 2 is 1.90 bits per heavy atom. The van der Waals surface area contributed by atoms with Crippen molar-refractivity contribution in [2.45, 2.75) is 58.4 Å². The van der Waals surface area contributed by atoms with Crippen LogP contribution < -0.4 is 14.8 Å². The van der Waals surface area contributed by atoms with E-state index in [9.17, 15) is 4.79 Å². The zero-order valence-corrected chi connectivity index (χ0v) is 18.8. The van der Waals surface area contributed by atoms with Crippen LogP contribution in [0.4, 0.5) is 5.95 Å². The number of rotatable bonds is 11. The summed E-state index contributed by atoms with van der Waals surface area (Å²) in [5, 5.41) is 7.51. The van der Waals surface area contributed by atoms with Crippen LogP contribution in [0.5, 0.6) is 11.5 Å². The lowest BCUT2D eigenvalue weighted by molar-refractivity contribution is -0.139. The van der Waals surface area contributed by atoms with Gasteiger partial charge in [0, 0.05) is 17.3 Å². The van der Waals surface area contributed by atoms with Gasteiger partial charge in [0.25, 0.3) is 0 Å². The van der Waals surface area contributed by atoms with E-state index in [0.29, 0.717) is 35.3 Å². The van der Waals surface area contributed by atoms with Gasteiger partial charge in [0.2, 0.25) is 5.95 Å². The first-order valence-electron chi connectivity index (χ1n) is 10.9. The number of benzene rings is 1. The van der Waals surface area contributed by atoms with E-state index in [1.54, 1.807) is 25.0 Å². The third-order valence-corrected chi connectivity index (χ3v) is 5.48. The van der Waals surface area contributed by atoms with Crippen molar-refractivity contribution in [3.63, 3.8) is 0 Å². The summed E-state index contributed by atoms with van der Waals surface area (Å²) in [6.45, 7) is 4.45. The number of hydrogen-bond acceptors (Lipinski definition) is 7. The average Bonchev–Trinajstić information content (AvgIpc) is 3.25. The summed E-state index contributed by atoms with van der Waals surface area (Å²) >= 11 is 0. The van der Waals surface area contributed by atoms with Gasteiger partial charge in [-0.05, 0) is 25.5 Å². The van der Waals surface area contributed by atoms with E-state index >= 15 is 0 Å². The Hall–Kier alpha value is -3.03. The fourth-order valence-corrected chi connectivity index (χ4v) is 3.81. The van der Waals surface area contributed by atoms with E-state index in [1.807, 2.05) is 19.1 Å². The van der Waals surface area contributed by atoms with Gasteiger partial charge in [-0.2, -0.15) is 10.1 Å². The summed E-state index contributed by atoms with van der Waals surface area (Å²) in [7, 11) is 3.19. The molecule has 1 aliphatic rings. The van der Waals surface area contributed by atoms with Crippen LogP contribution in [-0.2, 0) is 9.53 Å². The highest BCUT2D eigenvalue weighted by Crippen LogP contribution is 2.40. The number of fused-ring (bicyclic) bond motifs is 1. The van der Waals surface area contributed by atoms with E-state index < -0.39 is 6.04 Å². The van der Waals surface area contributed by atoms with Crippen LogP contribution in [0, 0.1) is 0 Å². The molecular formula is C23H32N4O4. The predicted octanol–water partition coefficient (Wildman–Crippen LogP) is 4.49. The Morgan fingerprint density at radius 3 is 2.65 bits per heavy atom. The number of methoxy groups -OCH3 is 2. The van der Waals surface area contributed by atoms with Gasteiger partial charge in [0.05, 0.1) is 26.4 Å². The number of carbonyl (C=O) groups is 1. The topological polar surface area (TPSA) is 87.5 Å². The molecule has 1 aromatic heterocycles. The Morgan fingerprint density at radius 1 is 1.13 bits per heavy atom. The molecule has 0 radical (unpaired) electrons. The van der Waals surface area contributed by atoms with E-state index in [1.165, 1.54) is 32.0 Å². The number of ether oxygens (including phenoxy) is 3. The Balaban J connectivity index is 1.82. The smallest absolute Gasteiger partial charge is 0.338 e. The molecule has 1 aromatic carbocycles. The summed E-state index contributed by atoms with van der Waals surface area (Å²) in [5.41, 5.74) is 1.96. The van der Waals surface area contributed by atoms with E-state index in [-0.39, 0.29) is 5.97 Å². The van der Waals surface area contributed by atoms with Crippen molar-refractivity contribution in [1.29, 1.82) is 0 Å². The Labute approximate surface area is 183 Å². The molecule has 168 valence electrons. The van der Waals surface area contributed by atoms with Gasteiger partial charge in [0.1, 0.15) is 23.9 Å². The van der Waals surface area contributed by atoms with Gasteiger partial charge in [-0.3, -0.25) is 0 Å². The van der Waals surface area contributed by atoms with Gasteiger partial charge in [-0.15, -0.1) is 0 Å². The second-order valence-corrected chi connectivity index (χ2v) is 7.61. The monoisotopic (exact) mass is 428 g/mol. The molecular weight excluding hydrogens is 396 g/mol. The predicted molar refractivity (Wildman–Crippen MR) is 118 cm³/mol. The molecule has 0 bridgehead atoms. The molecule has 0 fully saturated rings. The second kappa shape index (κ2) is 10.8. The summed E-state index contributed by atoms with van der Waals surface area (Å²) in [6, 6.07) is 5.00. The third kappa shape index (κ3) is 5.18. The van der Waals surface area contributed by atoms with Crippen molar-refractivity contribution in [2.24, 2.45) is 0 Å². The molecule has 0 saturated carbocycles. The van der Waals surface area contributed by atoms with E-state index in [4.69, 9.17) is 14.2 Å². The molecule has 0 spiro atoms. The zero-order valence-electron chi connectivity index (χ0n) is 18.8. The normalized spacial score (nSPS) is 15.3. The van der Waals surface area contributed by atoms with Gasteiger partial charge in [-0.25, -0.2) is 9.48 Å². The van der Waals surface area contributed by atoms with Crippen LogP contribution in [-0.4, -0.2) is 41.6 Å². The van der Waals surface area contributed by atoms with Gasteiger partial charge < -0.3 is 19.5 Å². The summed E-state index contributed by atoms with van der Waals surface area (Å²) in [6.07, 6.45) is 8.25. The zero-order chi connectivity index (χ0) is 22.2. The van der Waals surface area contributed by atoms with Crippen LogP contribution in [0.3, 0.4) is 0 Å². The first kappa shape index (κ1) is 22.7. The fraction of sp³-hybridized carbons (Fsp3) is 0.522. The number of allylic oxidation sites excluding steroid dienone is 1. The third-order valence-electron chi connectivity index (χ3n) is 5.48. The minimum absolute atomic E-state index is 0.359. The number of esters is 1. The molecule has 0 aliphatic carbocycles. The van der Waals surface area contributed by atoms with E-state index in [2.05, 4.69) is 22.3 Å². The Bertz CT molecular complexity index is 922. The second-order valence-electron chi connectivity index (χ2n) is 7.61. The fourth-order valence-electron chi connectivity index (χ4n) is 3.81. The summed E-state index contributed by atoms with van der Waals surface area (Å²) < 4.78 is 18.3. The molecule has 2 heterocycles. The molecule has 31 heavy (non-hydrogen) atoms. The van der Waals surface area contributed by atoms with Crippen molar-refractivity contribution in [2.75, 3.05) is 26.1 Å². The minimum Gasteiger partial charge on any atom is -0.497 e. The largest absolute Gasteiger partial charge is 0.497 e. The first-order valence-corrected chi connectivity index (χ1v) is 10.9. The number of hydrogen-bond donors (Lipinski definition) is 1. The maximum absolute atomic E-state index is 13.1. The SMILES string of the molecule is CCCCCCCCOC(=O)C1=C(C)Nc2ncnn2[C@H]1c1ccc(OC)cc1OC. The van der Waals surface area contributed by atoms with Gasteiger partial charge in [-0.1, -0.05) is 39.0 Å². The van der Waals surface area contributed by atoms with Crippen molar-refractivity contribution < 1.29 is 19.0 Å². The van der Waals surface area contributed by atoms with Crippen LogP contribution >= 0.6 is 0 Å². The van der Waals surface area contributed by atoms with Crippen LogP contribution in [0.25, 0.3) is 0 Å². The lowest BCUT2D eigenvalue weighted by atomic mass is 9.95. The summed E-state index contributed by atoms with van der Waals surface area (Å²) in [5.74, 6) is 1.47. The quantitative estimate of drug-likeness (QED) is 0.417. The highest BCUT2D eigenvalue weighted by atomic mass is 16.5. The van der Waals surface area contributed by atoms with Crippen LogP contribution in [0.15, 0.2) is 35.8 Å². The molecule has 0 amide bonds. The maximum Gasteiger partial charge on any atom is 0.338 e. The standard InChI is InChI=1S/C23H32N4O4/c1-5-6-7-8-9-10-13-31-22(28)20-16(2)26-23-24-15-25-27(23)21(20)18-12-11-17(29-3)14-19(18)30-4/h11-12,14-15,21H,5-10,13H2,1-4H3,(H,24,25,26)/t21-/m0/s1. The van der Waals surface area contributed by atoms with Crippen molar-refractivity contribution in [3.05, 3.63) is 41.4 Å². The lowest BCUT2D eigenvalue weighted by Crippen LogP contribution is -2.30.